The third kappa shape index (κ3) is 4.13. The molecule has 0 aromatic heterocycles. The summed E-state index contributed by atoms with van der Waals surface area (Å²) in [4.78, 5) is 48.6. The Kier molecular flexibility index (Phi) is 5.93. The standard InChI is InChI=1S/C16H20N4O7/c1-17(2)15(21)10-5-4-6-18(9-10)14-12(16(22)27-3)7-11(19(23)24)8-13(14)20(25)26/h7-8,10H,4-6,9H2,1-3H3. The number of anilines is 1. The van der Waals surface area contributed by atoms with Gasteiger partial charge in [0.2, 0.25) is 5.91 Å². The van der Waals surface area contributed by atoms with Gasteiger partial charge in [-0.25, -0.2) is 4.79 Å². The topological polar surface area (TPSA) is 136 Å². The molecule has 0 aliphatic carbocycles. The second-order valence-electron chi connectivity index (χ2n) is 6.38. The predicted octanol–water partition coefficient (Wildman–Crippen LogP) is 1.59. The van der Waals surface area contributed by atoms with Crippen LogP contribution in [0.5, 0.6) is 0 Å². The number of piperidine rings is 1. The fourth-order valence-electron chi connectivity index (χ4n) is 3.19. The van der Waals surface area contributed by atoms with Crippen LogP contribution in [-0.4, -0.2) is 60.9 Å². The molecule has 1 aromatic rings. The number of hydrogen-bond donors (Lipinski definition) is 0. The van der Waals surface area contributed by atoms with Crippen LogP contribution in [-0.2, 0) is 9.53 Å². The molecule has 1 amide bonds. The molecule has 27 heavy (non-hydrogen) atoms. The Bertz CT molecular complexity index is 793. The van der Waals surface area contributed by atoms with Crippen LogP contribution in [0.25, 0.3) is 0 Å². The zero-order valence-electron chi connectivity index (χ0n) is 15.2. The summed E-state index contributed by atoms with van der Waals surface area (Å²) in [5.41, 5.74) is -1.48. The summed E-state index contributed by atoms with van der Waals surface area (Å²) in [7, 11) is 4.33. The van der Waals surface area contributed by atoms with E-state index in [1.165, 1.54) is 4.90 Å². The van der Waals surface area contributed by atoms with Crippen molar-refractivity contribution in [3.05, 3.63) is 37.9 Å². The van der Waals surface area contributed by atoms with Crippen molar-refractivity contribution in [2.75, 3.05) is 39.2 Å². The van der Waals surface area contributed by atoms with Crippen molar-refractivity contribution in [3.63, 3.8) is 0 Å². The number of nitro groups is 2. The van der Waals surface area contributed by atoms with Crippen molar-refractivity contribution in [2.24, 2.45) is 5.92 Å². The Morgan fingerprint density at radius 2 is 1.89 bits per heavy atom. The zero-order chi connectivity index (χ0) is 20.3. The second-order valence-corrected chi connectivity index (χ2v) is 6.38. The van der Waals surface area contributed by atoms with E-state index in [4.69, 9.17) is 0 Å². The molecule has 0 bridgehead atoms. The van der Waals surface area contributed by atoms with Crippen LogP contribution < -0.4 is 4.90 Å². The number of ether oxygens (including phenoxy) is 1. The van der Waals surface area contributed by atoms with E-state index in [-0.39, 0.29) is 23.7 Å². The van der Waals surface area contributed by atoms with E-state index in [1.54, 1.807) is 19.0 Å². The highest BCUT2D eigenvalue weighted by Gasteiger charge is 2.35. The van der Waals surface area contributed by atoms with E-state index < -0.39 is 33.1 Å². The molecule has 1 saturated heterocycles. The fourth-order valence-corrected chi connectivity index (χ4v) is 3.19. The number of amides is 1. The Morgan fingerprint density at radius 3 is 2.41 bits per heavy atom. The summed E-state index contributed by atoms with van der Waals surface area (Å²) < 4.78 is 4.66. The Hall–Kier alpha value is -3.24. The SMILES string of the molecule is COC(=O)c1cc([N+](=O)[O-])cc([N+](=O)[O-])c1N1CCCC(C(=O)N(C)C)C1. The van der Waals surface area contributed by atoms with Gasteiger partial charge in [0.15, 0.2) is 0 Å². The molecule has 1 aromatic carbocycles. The quantitative estimate of drug-likeness (QED) is 0.427. The predicted molar refractivity (Wildman–Crippen MR) is 94.7 cm³/mol. The van der Waals surface area contributed by atoms with Gasteiger partial charge in [0, 0.05) is 33.3 Å². The first-order valence-corrected chi connectivity index (χ1v) is 8.18. The molecule has 0 N–H and O–H groups in total. The molecule has 1 atom stereocenters. The smallest absolute Gasteiger partial charge is 0.340 e. The first-order valence-electron chi connectivity index (χ1n) is 8.18. The van der Waals surface area contributed by atoms with Crippen molar-refractivity contribution in [1.82, 2.24) is 4.90 Å². The number of nitro benzene ring substituents is 2. The molecule has 1 aliphatic rings. The van der Waals surface area contributed by atoms with Gasteiger partial charge in [0.05, 0.1) is 34.5 Å². The van der Waals surface area contributed by atoms with E-state index in [2.05, 4.69) is 4.74 Å². The molecular formula is C16H20N4O7. The van der Waals surface area contributed by atoms with Crippen LogP contribution in [0.1, 0.15) is 23.2 Å². The summed E-state index contributed by atoms with van der Waals surface area (Å²) in [6.45, 7) is 0.541. The van der Waals surface area contributed by atoms with Crippen LogP contribution in [0.2, 0.25) is 0 Å². The van der Waals surface area contributed by atoms with Crippen LogP contribution in [0.3, 0.4) is 0 Å². The lowest BCUT2D eigenvalue weighted by molar-refractivity contribution is -0.393. The van der Waals surface area contributed by atoms with Gasteiger partial charge in [-0.05, 0) is 12.8 Å². The molecular weight excluding hydrogens is 360 g/mol. The lowest BCUT2D eigenvalue weighted by Crippen LogP contribution is -2.43. The lowest BCUT2D eigenvalue weighted by atomic mass is 9.95. The third-order valence-electron chi connectivity index (χ3n) is 4.42. The Balaban J connectivity index is 2.59. The number of methoxy groups -OCH3 is 1. The summed E-state index contributed by atoms with van der Waals surface area (Å²) in [5.74, 6) is -1.43. The van der Waals surface area contributed by atoms with Gasteiger partial charge in [0.1, 0.15) is 5.69 Å². The largest absolute Gasteiger partial charge is 0.465 e. The third-order valence-corrected chi connectivity index (χ3v) is 4.42. The minimum absolute atomic E-state index is 0.0614. The van der Waals surface area contributed by atoms with Gasteiger partial charge < -0.3 is 14.5 Å². The molecule has 146 valence electrons. The van der Waals surface area contributed by atoms with Gasteiger partial charge >= 0.3 is 5.97 Å². The van der Waals surface area contributed by atoms with Crippen molar-refractivity contribution in [3.8, 4) is 0 Å². The number of rotatable bonds is 5. The van der Waals surface area contributed by atoms with Crippen molar-refractivity contribution >= 4 is 28.9 Å². The summed E-state index contributed by atoms with van der Waals surface area (Å²) >= 11 is 0. The van der Waals surface area contributed by atoms with E-state index in [1.807, 2.05) is 0 Å². The molecule has 1 fully saturated rings. The highest BCUT2D eigenvalue weighted by molar-refractivity contribution is 5.99. The number of esters is 1. The lowest BCUT2D eigenvalue weighted by Gasteiger charge is -2.35. The van der Waals surface area contributed by atoms with Gasteiger partial charge in [-0.3, -0.25) is 25.0 Å². The molecule has 1 unspecified atom stereocenters. The molecule has 1 aliphatic heterocycles. The number of non-ortho nitro benzene ring substituents is 1. The van der Waals surface area contributed by atoms with Crippen LogP contribution in [0.4, 0.5) is 17.1 Å². The van der Waals surface area contributed by atoms with Gasteiger partial charge in [-0.1, -0.05) is 0 Å². The van der Waals surface area contributed by atoms with Crippen molar-refractivity contribution in [1.29, 1.82) is 0 Å². The van der Waals surface area contributed by atoms with E-state index in [0.29, 0.717) is 19.4 Å². The average molecular weight is 380 g/mol. The molecule has 11 heteroatoms. The van der Waals surface area contributed by atoms with E-state index >= 15 is 0 Å². The number of benzene rings is 1. The maximum atomic E-state index is 12.3. The number of carbonyl (C=O) groups is 2. The van der Waals surface area contributed by atoms with E-state index in [9.17, 15) is 29.8 Å². The minimum atomic E-state index is -0.919. The van der Waals surface area contributed by atoms with Gasteiger partial charge in [0.25, 0.3) is 11.4 Å². The van der Waals surface area contributed by atoms with Gasteiger partial charge in [-0.15, -0.1) is 0 Å². The normalized spacial score (nSPS) is 16.6. The van der Waals surface area contributed by atoms with Gasteiger partial charge in [-0.2, -0.15) is 0 Å². The summed E-state index contributed by atoms with van der Waals surface area (Å²) in [6.07, 6.45) is 1.20. The molecule has 0 saturated carbocycles. The van der Waals surface area contributed by atoms with Crippen LogP contribution in [0.15, 0.2) is 12.1 Å². The maximum absolute atomic E-state index is 12.3. The summed E-state index contributed by atoms with van der Waals surface area (Å²) in [5, 5.41) is 22.7. The van der Waals surface area contributed by atoms with E-state index in [0.717, 1.165) is 19.2 Å². The average Bonchev–Trinajstić information content (AvgIpc) is 2.65. The zero-order valence-corrected chi connectivity index (χ0v) is 15.2. The number of carbonyl (C=O) groups excluding carboxylic acids is 2. The molecule has 2 rings (SSSR count). The van der Waals surface area contributed by atoms with Crippen molar-refractivity contribution in [2.45, 2.75) is 12.8 Å². The maximum Gasteiger partial charge on any atom is 0.340 e. The van der Waals surface area contributed by atoms with Crippen LogP contribution >= 0.6 is 0 Å². The minimum Gasteiger partial charge on any atom is -0.465 e. The molecule has 0 radical (unpaired) electrons. The van der Waals surface area contributed by atoms with Crippen LogP contribution in [0, 0.1) is 26.1 Å². The number of hydrogen-bond acceptors (Lipinski definition) is 8. The monoisotopic (exact) mass is 380 g/mol. The summed E-state index contributed by atoms with van der Waals surface area (Å²) in [6, 6.07) is 1.78. The molecule has 1 heterocycles. The highest BCUT2D eigenvalue weighted by Crippen LogP contribution is 2.38. The number of nitrogens with zero attached hydrogens (tertiary/aromatic N) is 4. The van der Waals surface area contributed by atoms with Crippen molar-refractivity contribution < 1.29 is 24.2 Å². The second kappa shape index (κ2) is 7.98. The fraction of sp³-hybridized carbons (Fsp3) is 0.500. The first kappa shape index (κ1) is 20.1. The molecule has 11 nitrogen and oxygen atoms in total. The Morgan fingerprint density at radius 1 is 1.22 bits per heavy atom. The highest BCUT2D eigenvalue weighted by atomic mass is 16.6. The Labute approximate surface area is 154 Å². The first-order chi connectivity index (χ1) is 12.7. The molecule has 0 spiro atoms.